The van der Waals surface area contributed by atoms with E-state index in [1.165, 1.54) is 30.4 Å². The molecule has 1 nitrogen and oxygen atoms in total. The largest absolute Gasteiger partial charge is 0.315 e. The minimum absolute atomic E-state index is 0.653. The second-order valence-electron chi connectivity index (χ2n) is 4.34. The van der Waals surface area contributed by atoms with Crippen LogP contribution in [0.3, 0.4) is 0 Å². The number of aryl methyl sites for hydroxylation is 2. The van der Waals surface area contributed by atoms with E-state index in [1.54, 1.807) is 0 Å². The Morgan fingerprint density at radius 1 is 1.20 bits per heavy atom. The van der Waals surface area contributed by atoms with Gasteiger partial charge in [-0.15, -0.1) is 0 Å². The summed E-state index contributed by atoms with van der Waals surface area (Å²) in [4.78, 5) is 0. The fourth-order valence-corrected chi connectivity index (χ4v) is 1.82. The molecule has 0 aliphatic heterocycles. The van der Waals surface area contributed by atoms with Crippen molar-refractivity contribution in [2.45, 2.75) is 46.1 Å². The van der Waals surface area contributed by atoms with E-state index in [2.05, 4.69) is 50.4 Å². The predicted molar refractivity (Wildman–Crippen MR) is 67.3 cm³/mol. The van der Waals surface area contributed by atoms with Crippen LogP contribution in [0.2, 0.25) is 0 Å². The van der Waals surface area contributed by atoms with Gasteiger partial charge in [-0.1, -0.05) is 36.8 Å². The van der Waals surface area contributed by atoms with Crippen LogP contribution in [0.5, 0.6) is 0 Å². The molecule has 84 valence electrons. The van der Waals surface area contributed by atoms with Crippen molar-refractivity contribution in [1.82, 2.24) is 5.32 Å². The highest BCUT2D eigenvalue weighted by Crippen LogP contribution is 2.08. The Morgan fingerprint density at radius 2 is 1.87 bits per heavy atom. The van der Waals surface area contributed by atoms with Gasteiger partial charge in [-0.2, -0.15) is 0 Å². The average Bonchev–Trinajstić information content (AvgIpc) is 2.21. The molecule has 0 fully saturated rings. The Labute approximate surface area is 93.9 Å². The first-order valence-electron chi connectivity index (χ1n) is 6.01. The van der Waals surface area contributed by atoms with Crippen LogP contribution in [0.25, 0.3) is 0 Å². The van der Waals surface area contributed by atoms with Crippen LogP contribution < -0.4 is 5.32 Å². The Hall–Kier alpha value is -0.820. The zero-order chi connectivity index (χ0) is 11.1. The van der Waals surface area contributed by atoms with Gasteiger partial charge in [-0.3, -0.25) is 0 Å². The van der Waals surface area contributed by atoms with E-state index in [0.717, 1.165) is 6.54 Å². The van der Waals surface area contributed by atoms with E-state index in [4.69, 9.17) is 0 Å². The summed E-state index contributed by atoms with van der Waals surface area (Å²) in [5, 5.41) is 3.44. The quantitative estimate of drug-likeness (QED) is 0.751. The molecular formula is C14H23N. The van der Waals surface area contributed by atoms with Crippen molar-refractivity contribution in [2.75, 3.05) is 6.54 Å². The summed E-state index contributed by atoms with van der Waals surface area (Å²) < 4.78 is 0. The molecule has 0 radical (unpaired) electrons. The highest BCUT2D eigenvalue weighted by atomic mass is 14.9. The third-order valence-electron chi connectivity index (χ3n) is 2.78. The van der Waals surface area contributed by atoms with Crippen LogP contribution >= 0.6 is 0 Å². The van der Waals surface area contributed by atoms with E-state index in [-0.39, 0.29) is 0 Å². The van der Waals surface area contributed by atoms with Gasteiger partial charge in [0, 0.05) is 6.04 Å². The first-order valence-corrected chi connectivity index (χ1v) is 6.01. The molecule has 1 aromatic carbocycles. The standard InChI is InChI=1S/C14H23N/c1-4-15-13(3)6-5-7-14-10-8-12(2)9-11-14/h8-11,13,15H,4-7H2,1-3H3. The molecule has 0 amide bonds. The van der Waals surface area contributed by atoms with Gasteiger partial charge in [0.2, 0.25) is 0 Å². The van der Waals surface area contributed by atoms with Gasteiger partial charge >= 0.3 is 0 Å². The predicted octanol–water partition coefficient (Wildman–Crippen LogP) is 3.32. The lowest BCUT2D eigenvalue weighted by Crippen LogP contribution is -2.25. The summed E-state index contributed by atoms with van der Waals surface area (Å²) in [6.45, 7) is 7.64. The lowest BCUT2D eigenvalue weighted by atomic mass is 10.0. The topological polar surface area (TPSA) is 12.0 Å². The second-order valence-corrected chi connectivity index (χ2v) is 4.34. The highest BCUT2D eigenvalue weighted by molar-refractivity contribution is 5.21. The fraction of sp³-hybridized carbons (Fsp3) is 0.571. The summed E-state index contributed by atoms with van der Waals surface area (Å²) in [5.74, 6) is 0. The van der Waals surface area contributed by atoms with E-state index >= 15 is 0 Å². The monoisotopic (exact) mass is 205 g/mol. The minimum Gasteiger partial charge on any atom is -0.315 e. The lowest BCUT2D eigenvalue weighted by Gasteiger charge is -2.11. The SMILES string of the molecule is CCNC(C)CCCc1ccc(C)cc1. The number of hydrogen-bond acceptors (Lipinski definition) is 1. The molecule has 0 aliphatic rings. The minimum atomic E-state index is 0.653. The smallest absolute Gasteiger partial charge is 0.00387 e. The molecular weight excluding hydrogens is 182 g/mol. The van der Waals surface area contributed by atoms with Crippen LogP contribution in [0.1, 0.15) is 37.8 Å². The Kier molecular flexibility index (Phi) is 5.41. The van der Waals surface area contributed by atoms with Crippen molar-refractivity contribution in [3.05, 3.63) is 35.4 Å². The van der Waals surface area contributed by atoms with Crippen LogP contribution in [0.15, 0.2) is 24.3 Å². The van der Waals surface area contributed by atoms with E-state index < -0.39 is 0 Å². The van der Waals surface area contributed by atoms with Crippen LogP contribution in [0, 0.1) is 6.92 Å². The zero-order valence-electron chi connectivity index (χ0n) is 10.2. The van der Waals surface area contributed by atoms with Crippen molar-refractivity contribution in [1.29, 1.82) is 0 Å². The van der Waals surface area contributed by atoms with Gasteiger partial charge in [0.05, 0.1) is 0 Å². The summed E-state index contributed by atoms with van der Waals surface area (Å²) in [7, 11) is 0. The van der Waals surface area contributed by atoms with Gasteiger partial charge in [-0.05, 0) is 45.2 Å². The first kappa shape index (κ1) is 12.3. The molecule has 0 saturated carbocycles. The van der Waals surface area contributed by atoms with Gasteiger partial charge in [0.1, 0.15) is 0 Å². The molecule has 0 bridgehead atoms. The average molecular weight is 205 g/mol. The Morgan fingerprint density at radius 3 is 2.47 bits per heavy atom. The van der Waals surface area contributed by atoms with Gasteiger partial charge in [0.25, 0.3) is 0 Å². The third-order valence-corrected chi connectivity index (χ3v) is 2.78. The molecule has 0 aromatic heterocycles. The Bertz CT molecular complexity index is 263. The van der Waals surface area contributed by atoms with Crippen molar-refractivity contribution in [2.24, 2.45) is 0 Å². The number of nitrogens with one attached hydrogen (secondary N) is 1. The highest BCUT2D eigenvalue weighted by Gasteiger charge is 1.99. The first-order chi connectivity index (χ1) is 7.22. The molecule has 1 aromatic rings. The molecule has 1 atom stereocenters. The van der Waals surface area contributed by atoms with Crippen LogP contribution in [0.4, 0.5) is 0 Å². The molecule has 15 heavy (non-hydrogen) atoms. The normalized spacial score (nSPS) is 12.7. The zero-order valence-corrected chi connectivity index (χ0v) is 10.2. The second kappa shape index (κ2) is 6.62. The molecule has 1 N–H and O–H groups in total. The summed E-state index contributed by atoms with van der Waals surface area (Å²) >= 11 is 0. The third kappa shape index (κ3) is 4.98. The van der Waals surface area contributed by atoms with Crippen LogP contribution in [-0.4, -0.2) is 12.6 Å². The van der Waals surface area contributed by atoms with Crippen molar-refractivity contribution < 1.29 is 0 Å². The summed E-state index contributed by atoms with van der Waals surface area (Å²) in [6, 6.07) is 9.53. The fourth-order valence-electron chi connectivity index (χ4n) is 1.82. The molecule has 1 heteroatoms. The molecule has 0 heterocycles. The molecule has 0 saturated heterocycles. The number of benzene rings is 1. The lowest BCUT2D eigenvalue weighted by molar-refractivity contribution is 0.512. The van der Waals surface area contributed by atoms with Crippen LogP contribution in [-0.2, 0) is 6.42 Å². The maximum absolute atomic E-state index is 3.44. The van der Waals surface area contributed by atoms with E-state index in [1.807, 2.05) is 0 Å². The van der Waals surface area contributed by atoms with Gasteiger partial charge in [0.15, 0.2) is 0 Å². The van der Waals surface area contributed by atoms with Crippen molar-refractivity contribution in [3.8, 4) is 0 Å². The summed E-state index contributed by atoms with van der Waals surface area (Å²) in [6.07, 6.45) is 3.74. The van der Waals surface area contributed by atoms with E-state index in [9.17, 15) is 0 Å². The number of hydrogen-bond donors (Lipinski definition) is 1. The molecule has 1 rings (SSSR count). The molecule has 0 aliphatic carbocycles. The van der Waals surface area contributed by atoms with E-state index in [0.29, 0.717) is 6.04 Å². The van der Waals surface area contributed by atoms with Crippen molar-refractivity contribution >= 4 is 0 Å². The van der Waals surface area contributed by atoms with Gasteiger partial charge < -0.3 is 5.32 Å². The molecule has 0 spiro atoms. The maximum atomic E-state index is 3.44. The Balaban J connectivity index is 2.22. The summed E-state index contributed by atoms with van der Waals surface area (Å²) in [5.41, 5.74) is 2.81. The molecule has 1 unspecified atom stereocenters. The van der Waals surface area contributed by atoms with Crippen molar-refractivity contribution in [3.63, 3.8) is 0 Å². The maximum Gasteiger partial charge on any atom is 0.00387 e. The van der Waals surface area contributed by atoms with Gasteiger partial charge in [-0.25, -0.2) is 0 Å². The number of rotatable bonds is 6.